The van der Waals surface area contributed by atoms with E-state index in [0.717, 1.165) is 10.2 Å². The Morgan fingerprint density at radius 3 is 2.47 bits per heavy atom. The van der Waals surface area contributed by atoms with Crippen LogP contribution in [0.5, 0.6) is 0 Å². The molecule has 3 aromatic carbocycles. The highest BCUT2D eigenvalue weighted by Crippen LogP contribution is 2.36. The molecule has 0 unspecified atom stereocenters. The highest BCUT2D eigenvalue weighted by atomic mass is 32.2. The van der Waals surface area contributed by atoms with Crippen molar-refractivity contribution >= 4 is 55.7 Å². The van der Waals surface area contributed by atoms with Crippen molar-refractivity contribution in [3.8, 4) is 0 Å². The summed E-state index contributed by atoms with van der Waals surface area (Å²) in [7, 11) is 0. The quantitative estimate of drug-likeness (QED) is 0.175. The van der Waals surface area contributed by atoms with Crippen molar-refractivity contribution in [2.24, 2.45) is 0 Å². The van der Waals surface area contributed by atoms with Crippen LogP contribution in [-0.2, 0) is 0 Å². The van der Waals surface area contributed by atoms with Crippen LogP contribution in [-0.4, -0.2) is 21.6 Å². The highest BCUT2D eigenvalue weighted by molar-refractivity contribution is 7.99. The number of alkyl halides is 2. The van der Waals surface area contributed by atoms with Gasteiger partial charge in [-0.2, -0.15) is 8.78 Å². The Hall–Kier alpha value is -3.37. The maximum atomic E-state index is 13.5. The fourth-order valence-electron chi connectivity index (χ4n) is 3.17. The SMILES string of the molecule is Cc1cc(C(=O)N(c2ccc(SC(F)F)cc2)c2nc3ccccc3s2)ccc1[N+](=O)[O-]. The van der Waals surface area contributed by atoms with Crippen LogP contribution in [0.2, 0.25) is 0 Å². The second-order valence-electron chi connectivity index (χ2n) is 6.74. The second-order valence-corrected chi connectivity index (χ2v) is 8.81. The monoisotopic (exact) mass is 471 g/mol. The number of thiazole rings is 1. The van der Waals surface area contributed by atoms with Crippen LogP contribution < -0.4 is 4.90 Å². The minimum Gasteiger partial charge on any atom is -0.268 e. The molecule has 0 bridgehead atoms. The molecule has 10 heteroatoms. The van der Waals surface area contributed by atoms with Crippen molar-refractivity contribution in [3.05, 3.63) is 88.0 Å². The van der Waals surface area contributed by atoms with Crippen molar-refractivity contribution in [3.63, 3.8) is 0 Å². The maximum absolute atomic E-state index is 13.5. The van der Waals surface area contributed by atoms with Crippen molar-refractivity contribution in [1.82, 2.24) is 4.98 Å². The topological polar surface area (TPSA) is 76.3 Å². The fourth-order valence-corrected chi connectivity index (χ4v) is 4.65. The third-order valence-corrected chi connectivity index (χ3v) is 6.38. The lowest BCUT2D eigenvalue weighted by atomic mass is 10.1. The van der Waals surface area contributed by atoms with Gasteiger partial charge in [0.2, 0.25) is 0 Å². The van der Waals surface area contributed by atoms with Crippen molar-refractivity contribution < 1.29 is 18.5 Å². The Kier molecular flexibility index (Phi) is 6.15. The van der Waals surface area contributed by atoms with Crippen LogP contribution >= 0.6 is 23.1 Å². The molecular weight excluding hydrogens is 456 g/mol. The first-order chi connectivity index (χ1) is 15.3. The first-order valence-electron chi connectivity index (χ1n) is 9.33. The molecule has 0 fully saturated rings. The number of hydrogen-bond acceptors (Lipinski definition) is 6. The Morgan fingerprint density at radius 1 is 1.12 bits per heavy atom. The molecule has 32 heavy (non-hydrogen) atoms. The third kappa shape index (κ3) is 4.46. The minimum absolute atomic E-state index is 0.0820. The van der Waals surface area contributed by atoms with E-state index in [0.29, 0.717) is 33.0 Å². The molecular formula is C22H15F2N3O3S2. The Labute approximate surface area is 189 Å². The van der Waals surface area contributed by atoms with Crippen LogP contribution in [0.1, 0.15) is 15.9 Å². The van der Waals surface area contributed by atoms with Gasteiger partial charge in [-0.05, 0) is 55.5 Å². The van der Waals surface area contributed by atoms with Crippen molar-refractivity contribution in [2.45, 2.75) is 17.6 Å². The molecule has 0 N–H and O–H groups in total. The molecule has 4 aromatic rings. The van der Waals surface area contributed by atoms with Crippen molar-refractivity contribution in [2.75, 3.05) is 4.90 Å². The first-order valence-corrected chi connectivity index (χ1v) is 11.0. The molecule has 0 atom stereocenters. The number of anilines is 2. The summed E-state index contributed by atoms with van der Waals surface area (Å²) in [4.78, 5) is 30.5. The zero-order valence-electron chi connectivity index (χ0n) is 16.6. The number of nitro groups is 1. The number of carbonyl (C=O) groups is 1. The summed E-state index contributed by atoms with van der Waals surface area (Å²) in [6.45, 7) is 1.56. The number of thioether (sulfide) groups is 1. The normalized spacial score (nSPS) is 11.1. The Morgan fingerprint density at radius 2 is 1.84 bits per heavy atom. The van der Waals surface area contributed by atoms with Gasteiger partial charge in [-0.3, -0.25) is 19.8 Å². The van der Waals surface area contributed by atoms with Gasteiger partial charge in [0.05, 0.1) is 20.8 Å². The lowest BCUT2D eigenvalue weighted by Crippen LogP contribution is -2.26. The molecule has 162 valence electrons. The van der Waals surface area contributed by atoms with E-state index < -0.39 is 16.6 Å². The minimum atomic E-state index is -2.55. The molecule has 6 nitrogen and oxygen atoms in total. The summed E-state index contributed by atoms with van der Waals surface area (Å²) in [5.74, 6) is -2.98. The van der Waals surface area contributed by atoms with Gasteiger partial charge < -0.3 is 0 Å². The van der Waals surface area contributed by atoms with Crippen LogP contribution in [0, 0.1) is 17.0 Å². The molecule has 0 saturated carbocycles. The summed E-state index contributed by atoms with van der Waals surface area (Å²) < 4.78 is 26.2. The number of nitro benzene ring substituents is 1. The number of amides is 1. The number of benzene rings is 3. The molecule has 0 saturated heterocycles. The number of aryl methyl sites for hydroxylation is 1. The standard InChI is InChI=1S/C22H15F2N3O3S2/c1-13-12-14(6-11-18(13)27(29)30)20(28)26(15-7-9-16(10-8-15)31-21(23)24)22-25-17-4-2-3-5-19(17)32-22/h2-12,21H,1H3. The van der Waals surface area contributed by atoms with E-state index in [1.54, 1.807) is 19.1 Å². The van der Waals surface area contributed by atoms with Gasteiger partial charge in [0.15, 0.2) is 5.13 Å². The first kappa shape index (κ1) is 21.8. The van der Waals surface area contributed by atoms with Gasteiger partial charge in [0.25, 0.3) is 17.4 Å². The summed E-state index contributed by atoms with van der Waals surface area (Å²) in [6, 6.07) is 17.8. The summed E-state index contributed by atoms with van der Waals surface area (Å²) in [6.07, 6.45) is 0. The number of para-hydroxylation sites is 1. The van der Waals surface area contributed by atoms with E-state index >= 15 is 0 Å². The molecule has 0 spiro atoms. The molecule has 0 radical (unpaired) electrons. The van der Waals surface area contributed by atoms with Gasteiger partial charge >= 0.3 is 0 Å². The average molecular weight is 472 g/mol. The third-order valence-electron chi connectivity index (χ3n) is 4.64. The summed E-state index contributed by atoms with van der Waals surface area (Å²) >= 11 is 1.73. The smallest absolute Gasteiger partial charge is 0.268 e. The Balaban J connectivity index is 1.79. The van der Waals surface area contributed by atoms with Gasteiger partial charge in [-0.15, -0.1) is 0 Å². The lowest BCUT2D eigenvalue weighted by Gasteiger charge is -2.20. The summed E-state index contributed by atoms with van der Waals surface area (Å²) in [5, 5.41) is 11.5. The zero-order valence-corrected chi connectivity index (χ0v) is 18.2. The largest absolute Gasteiger partial charge is 0.288 e. The summed E-state index contributed by atoms with van der Waals surface area (Å²) in [5.41, 5.74) is 1.69. The number of halogens is 2. The zero-order chi connectivity index (χ0) is 22.8. The van der Waals surface area contributed by atoms with Crippen LogP contribution in [0.15, 0.2) is 71.6 Å². The number of carbonyl (C=O) groups excluding carboxylic acids is 1. The highest BCUT2D eigenvalue weighted by Gasteiger charge is 2.25. The van der Waals surface area contributed by atoms with Crippen LogP contribution in [0.4, 0.5) is 25.3 Å². The van der Waals surface area contributed by atoms with E-state index in [4.69, 9.17) is 0 Å². The number of rotatable bonds is 6. The van der Waals surface area contributed by atoms with Gasteiger partial charge in [-0.1, -0.05) is 35.2 Å². The van der Waals surface area contributed by atoms with Crippen LogP contribution in [0.3, 0.4) is 0 Å². The number of aromatic nitrogens is 1. The molecule has 1 heterocycles. The molecule has 1 amide bonds. The van der Waals surface area contributed by atoms with Crippen LogP contribution in [0.25, 0.3) is 10.2 Å². The molecule has 0 aliphatic rings. The molecule has 0 aliphatic carbocycles. The van der Waals surface area contributed by atoms with E-state index in [1.807, 2.05) is 24.3 Å². The predicted octanol–water partition coefficient (Wildman–Crippen LogP) is 6.81. The number of fused-ring (bicyclic) bond motifs is 1. The van der Waals surface area contributed by atoms with E-state index in [9.17, 15) is 23.7 Å². The van der Waals surface area contributed by atoms with E-state index in [-0.39, 0.29) is 11.3 Å². The maximum Gasteiger partial charge on any atom is 0.288 e. The van der Waals surface area contributed by atoms with Crippen molar-refractivity contribution in [1.29, 1.82) is 0 Å². The Bertz CT molecular complexity index is 1280. The van der Waals surface area contributed by atoms with Gasteiger partial charge in [0.1, 0.15) is 0 Å². The molecule has 4 rings (SSSR count). The lowest BCUT2D eigenvalue weighted by molar-refractivity contribution is -0.385. The fraction of sp³-hybridized carbons (Fsp3) is 0.0909. The number of nitrogens with zero attached hydrogens (tertiary/aromatic N) is 3. The van der Waals surface area contributed by atoms with Gasteiger partial charge in [0, 0.05) is 22.1 Å². The second kappa shape index (κ2) is 9.01. The average Bonchev–Trinajstić information content (AvgIpc) is 3.18. The number of hydrogen-bond donors (Lipinski definition) is 0. The van der Waals surface area contributed by atoms with E-state index in [2.05, 4.69) is 4.98 Å². The molecule has 1 aromatic heterocycles. The van der Waals surface area contributed by atoms with E-state index in [1.165, 1.54) is 46.6 Å². The predicted molar refractivity (Wildman–Crippen MR) is 122 cm³/mol. The molecule has 0 aliphatic heterocycles. The van der Waals surface area contributed by atoms with Gasteiger partial charge in [-0.25, -0.2) is 4.98 Å².